The first-order valence-electron chi connectivity index (χ1n) is 5.46. The highest BCUT2D eigenvalue weighted by atomic mass is 32.1. The number of nitrogens with one attached hydrogen (secondary N) is 1. The summed E-state index contributed by atoms with van der Waals surface area (Å²) in [5, 5.41) is 10.7. The molecule has 0 aliphatic carbocycles. The van der Waals surface area contributed by atoms with Crippen molar-refractivity contribution in [3.8, 4) is 0 Å². The van der Waals surface area contributed by atoms with Crippen molar-refractivity contribution in [2.24, 2.45) is 5.84 Å². The monoisotopic (exact) mass is 294 g/mol. The van der Waals surface area contributed by atoms with Gasteiger partial charge in [-0.05, 0) is 12.1 Å². The minimum atomic E-state index is -0.572. The van der Waals surface area contributed by atoms with Crippen molar-refractivity contribution in [1.82, 2.24) is 9.99 Å². The van der Waals surface area contributed by atoms with E-state index in [0.29, 0.717) is 9.75 Å². The Labute approximate surface area is 116 Å². The van der Waals surface area contributed by atoms with Gasteiger partial charge < -0.3 is 4.57 Å². The van der Waals surface area contributed by atoms with Crippen LogP contribution in [0.1, 0.15) is 14.5 Å². The zero-order chi connectivity index (χ0) is 14.7. The molecule has 0 saturated heterocycles. The normalized spacial score (nSPS) is 10.2. The Kier molecular flexibility index (Phi) is 3.91. The number of hydrazine groups is 1. The first-order chi connectivity index (χ1) is 9.51. The van der Waals surface area contributed by atoms with Gasteiger partial charge in [-0.3, -0.25) is 25.1 Å². The molecule has 2 aromatic heterocycles. The highest BCUT2D eigenvalue weighted by molar-refractivity contribution is 7.14. The van der Waals surface area contributed by atoms with E-state index in [1.807, 2.05) is 5.43 Å². The van der Waals surface area contributed by atoms with Gasteiger partial charge in [0.1, 0.15) is 0 Å². The van der Waals surface area contributed by atoms with Crippen molar-refractivity contribution < 1.29 is 9.72 Å². The Morgan fingerprint density at radius 3 is 2.80 bits per heavy atom. The van der Waals surface area contributed by atoms with Crippen molar-refractivity contribution in [2.75, 3.05) is 0 Å². The molecule has 2 rings (SSSR count). The lowest BCUT2D eigenvalue weighted by Gasteiger charge is -2.02. The van der Waals surface area contributed by atoms with E-state index in [2.05, 4.69) is 0 Å². The van der Waals surface area contributed by atoms with Crippen LogP contribution in [-0.2, 0) is 6.54 Å². The molecule has 2 heterocycles. The third-order valence-electron chi connectivity index (χ3n) is 2.52. The van der Waals surface area contributed by atoms with E-state index in [1.165, 1.54) is 10.8 Å². The number of amides is 1. The third-order valence-corrected chi connectivity index (χ3v) is 3.59. The van der Waals surface area contributed by atoms with Crippen LogP contribution < -0.4 is 16.8 Å². The zero-order valence-corrected chi connectivity index (χ0v) is 10.9. The van der Waals surface area contributed by atoms with Gasteiger partial charge in [0, 0.05) is 17.0 Å². The molecule has 0 atom stereocenters. The summed E-state index contributed by atoms with van der Waals surface area (Å²) < 4.78 is 1.22. The maximum absolute atomic E-state index is 11.6. The second kappa shape index (κ2) is 5.63. The van der Waals surface area contributed by atoms with Crippen LogP contribution in [0, 0.1) is 10.1 Å². The van der Waals surface area contributed by atoms with Crippen LogP contribution in [0.15, 0.2) is 35.3 Å². The Hall–Kier alpha value is -2.52. The number of nitrogens with zero attached hydrogens (tertiary/aromatic N) is 2. The number of carbonyl (C=O) groups excluding carboxylic acids is 1. The molecule has 0 unspecified atom stereocenters. The van der Waals surface area contributed by atoms with Crippen LogP contribution in [0.25, 0.3) is 0 Å². The number of carbonyl (C=O) groups is 1. The highest BCUT2D eigenvalue weighted by Gasteiger charge is 2.11. The van der Waals surface area contributed by atoms with Crippen LogP contribution in [0.3, 0.4) is 0 Å². The molecule has 0 fully saturated rings. The molecular weight excluding hydrogens is 284 g/mol. The highest BCUT2D eigenvalue weighted by Crippen LogP contribution is 2.17. The van der Waals surface area contributed by atoms with Crippen LogP contribution >= 0.6 is 11.3 Å². The fourth-order valence-electron chi connectivity index (χ4n) is 1.57. The fraction of sp³-hybridized carbons (Fsp3) is 0.0909. The number of aromatic nitrogens is 1. The first-order valence-corrected chi connectivity index (χ1v) is 6.27. The number of rotatable bonds is 4. The van der Waals surface area contributed by atoms with E-state index in [0.717, 1.165) is 23.5 Å². The van der Waals surface area contributed by atoms with Gasteiger partial charge in [-0.25, -0.2) is 5.84 Å². The van der Waals surface area contributed by atoms with Crippen LogP contribution in [0.2, 0.25) is 0 Å². The van der Waals surface area contributed by atoms with Crippen molar-refractivity contribution in [3.63, 3.8) is 0 Å². The number of hydrogen-bond acceptors (Lipinski definition) is 6. The van der Waals surface area contributed by atoms with Gasteiger partial charge >= 0.3 is 0 Å². The average molecular weight is 294 g/mol. The molecule has 3 N–H and O–H groups in total. The quantitative estimate of drug-likeness (QED) is 0.367. The third kappa shape index (κ3) is 2.90. The number of nitro groups is 1. The SMILES string of the molecule is NNC(=O)c1ccc(Cn2cc([N+](=O)[O-])ccc2=O)s1. The molecule has 0 spiro atoms. The summed E-state index contributed by atoms with van der Waals surface area (Å²) in [6, 6.07) is 5.53. The molecule has 0 radical (unpaired) electrons. The van der Waals surface area contributed by atoms with Crippen LogP contribution in [-0.4, -0.2) is 15.4 Å². The minimum absolute atomic E-state index is 0.156. The lowest BCUT2D eigenvalue weighted by Crippen LogP contribution is -2.29. The van der Waals surface area contributed by atoms with Gasteiger partial charge in [-0.15, -0.1) is 11.3 Å². The summed E-state index contributed by atoms with van der Waals surface area (Å²) in [7, 11) is 0. The Morgan fingerprint density at radius 2 is 2.15 bits per heavy atom. The van der Waals surface area contributed by atoms with E-state index in [4.69, 9.17) is 5.84 Å². The van der Waals surface area contributed by atoms with Crippen LogP contribution in [0.5, 0.6) is 0 Å². The van der Waals surface area contributed by atoms with Gasteiger partial charge in [0.15, 0.2) is 0 Å². The van der Waals surface area contributed by atoms with Gasteiger partial charge in [0.05, 0.1) is 22.5 Å². The standard InChI is InChI=1S/C11H10N4O4S/c12-13-11(17)9-3-2-8(20-9)6-14-5-7(15(18)19)1-4-10(14)16/h1-5H,6,12H2,(H,13,17). The molecule has 2 aromatic rings. The van der Waals surface area contributed by atoms with Crippen molar-refractivity contribution in [2.45, 2.75) is 6.54 Å². The van der Waals surface area contributed by atoms with Crippen LogP contribution in [0.4, 0.5) is 5.69 Å². The van der Waals surface area contributed by atoms with Gasteiger partial charge in [0.2, 0.25) is 0 Å². The zero-order valence-electron chi connectivity index (χ0n) is 10.1. The summed E-state index contributed by atoms with van der Waals surface area (Å²) in [4.78, 5) is 34.2. The van der Waals surface area contributed by atoms with Crippen molar-refractivity contribution >= 4 is 22.9 Å². The number of hydrogen-bond donors (Lipinski definition) is 2. The van der Waals surface area contributed by atoms with Gasteiger partial charge in [0.25, 0.3) is 17.2 Å². The second-order valence-electron chi connectivity index (χ2n) is 3.85. The molecule has 104 valence electrons. The number of pyridine rings is 1. The summed E-state index contributed by atoms with van der Waals surface area (Å²) in [5.74, 6) is 4.60. The van der Waals surface area contributed by atoms with E-state index in [1.54, 1.807) is 12.1 Å². The van der Waals surface area contributed by atoms with E-state index in [9.17, 15) is 19.7 Å². The maximum atomic E-state index is 11.6. The summed E-state index contributed by atoms with van der Waals surface area (Å²) in [6.45, 7) is 0.156. The van der Waals surface area contributed by atoms with Gasteiger partial charge in [-0.1, -0.05) is 0 Å². The molecule has 0 aliphatic rings. The van der Waals surface area contributed by atoms with E-state index < -0.39 is 10.8 Å². The molecule has 0 bridgehead atoms. The predicted molar refractivity (Wildman–Crippen MR) is 72.4 cm³/mol. The summed E-state index contributed by atoms with van der Waals surface area (Å²) in [6.07, 6.45) is 1.17. The molecule has 1 amide bonds. The lowest BCUT2D eigenvalue weighted by molar-refractivity contribution is -0.385. The largest absolute Gasteiger partial charge is 0.304 e. The molecule has 20 heavy (non-hydrogen) atoms. The number of thiophene rings is 1. The smallest absolute Gasteiger partial charge is 0.285 e. The molecule has 0 saturated carbocycles. The number of nitrogens with two attached hydrogens (primary N) is 1. The molecule has 0 aromatic carbocycles. The Balaban J connectivity index is 2.28. The minimum Gasteiger partial charge on any atom is -0.304 e. The lowest BCUT2D eigenvalue weighted by atomic mass is 10.3. The topological polar surface area (TPSA) is 120 Å². The maximum Gasteiger partial charge on any atom is 0.285 e. The summed E-state index contributed by atoms with van der Waals surface area (Å²) in [5.41, 5.74) is 1.49. The van der Waals surface area contributed by atoms with Crippen molar-refractivity contribution in [1.29, 1.82) is 0 Å². The average Bonchev–Trinajstić information content (AvgIpc) is 2.88. The van der Waals surface area contributed by atoms with Crippen molar-refractivity contribution in [3.05, 3.63) is 60.7 Å². The molecule has 8 nitrogen and oxygen atoms in total. The second-order valence-corrected chi connectivity index (χ2v) is 5.02. The van der Waals surface area contributed by atoms with E-state index >= 15 is 0 Å². The number of nitrogen functional groups attached to an aromatic ring is 1. The fourth-order valence-corrected chi connectivity index (χ4v) is 2.48. The molecule has 0 aliphatic heterocycles. The van der Waals surface area contributed by atoms with Gasteiger partial charge in [-0.2, -0.15) is 0 Å². The first kappa shape index (κ1) is 13.9. The molecular formula is C11H10N4O4S. The van der Waals surface area contributed by atoms with E-state index in [-0.39, 0.29) is 17.8 Å². The Morgan fingerprint density at radius 1 is 1.40 bits per heavy atom. The Bertz CT molecular complexity index is 721. The predicted octanol–water partition coefficient (Wildman–Crippen LogP) is 0.470. The summed E-state index contributed by atoms with van der Waals surface area (Å²) >= 11 is 1.16. The molecule has 9 heteroatoms.